The van der Waals surface area contributed by atoms with Crippen molar-refractivity contribution in [3.05, 3.63) is 164 Å². The van der Waals surface area contributed by atoms with Crippen molar-refractivity contribution in [1.82, 2.24) is 0 Å². The van der Waals surface area contributed by atoms with E-state index < -0.39 is 0 Å². The zero-order chi connectivity index (χ0) is 30.9. The fraction of sp³-hybridized carbons (Fsp3) is 0. The van der Waals surface area contributed by atoms with Gasteiger partial charge >= 0.3 is 0 Å². The van der Waals surface area contributed by atoms with Gasteiger partial charge in [-0.05, 0) is 81.9 Å². The van der Waals surface area contributed by atoms with Gasteiger partial charge in [-0.15, -0.1) is 11.3 Å². The van der Waals surface area contributed by atoms with E-state index in [0.717, 1.165) is 39.0 Å². The molecule has 8 aromatic carbocycles. The van der Waals surface area contributed by atoms with Gasteiger partial charge in [0, 0.05) is 53.8 Å². The van der Waals surface area contributed by atoms with Crippen LogP contribution < -0.4 is 4.90 Å². The Hall–Kier alpha value is -5.90. The molecule has 0 amide bonds. The first-order chi connectivity index (χ1) is 23.3. The SMILES string of the molecule is c1ccc(-c2ccc(N(c3ccc4c(c3)oc3ccccc34)c3cccc4ccc5cc6c(cc5c34)sc3ccccc36)cc2)cc1. The van der Waals surface area contributed by atoms with E-state index in [1.165, 1.54) is 52.8 Å². The summed E-state index contributed by atoms with van der Waals surface area (Å²) in [5.41, 5.74) is 7.46. The third kappa shape index (κ3) is 4.17. The van der Waals surface area contributed by atoms with Crippen molar-refractivity contribution < 1.29 is 4.42 Å². The topological polar surface area (TPSA) is 16.4 Å². The van der Waals surface area contributed by atoms with Crippen LogP contribution in [0.3, 0.4) is 0 Å². The molecule has 10 rings (SSSR count). The van der Waals surface area contributed by atoms with E-state index in [0.29, 0.717) is 0 Å². The standard InChI is InChI=1S/C44H27NOS/c1-2-9-28(10-3-1)29-19-21-32(22-20-29)45(33-23-24-35-34-12-4-6-15-40(34)46-41(35)26-33)39-14-8-11-30-17-18-31-25-38-36-13-5-7-16-42(36)47-43(38)27-37(31)44(30)39/h1-27H. The van der Waals surface area contributed by atoms with E-state index in [1.807, 2.05) is 23.5 Å². The molecular formula is C44H27NOS. The van der Waals surface area contributed by atoms with Crippen molar-refractivity contribution >= 4 is 92.1 Å². The van der Waals surface area contributed by atoms with Gasteiger partial charge in [-0.25, -0.2) is 0 Å². The molecule has 0 saturated heterocycles. The van der Waals surface area contributed by atoms with Crippen LogP contribution in [0, 0.1) is 0 Å². The highest BCUT2D eigenvalue weighted by Crippen LogP contribution is 2.45. The Morgan fingerprint density at radius 3 is 2.02 bits per heavy atom. The highest BCUT2D eigenvalue weighted by Gasteiger charge is 2.20. The molecule has 2 nitrogen and oxygen atoms in total. The van der Waals surface area contributed by atoms with Gasteiger partial charge in [0.25, 0.3) is 0 Å². The van der Waals surface area contributed by atoms with Crippen molar-refractivity contribution in [3.8, 4) is 11.1 Å². The molecule has 0 aliphatic rings. The number of thiophene rings is 1. The van der Waals surface area contributed by atoms with E-state index in [1.54, 1.807) is 0 Å². The van der Waals surface area contributed by atoms with E-state index in [9.17, 15) is 0 Å². The van der Waals surface area contributed by atoms with Crippen LogP contribution in [0.2, 0.25) is 0 Å². The Morgan fingerprint density at radius 1 is 0.404 bits per heavy atom. The molecule has 0 N–H and O–H groups in total. The summed E-state index contributed by atoms with van der Waals surface area (Å²) in [6, 6.07) is 59.1. The van der Waals surface area contributed by atoms with Crippen LogP contribution in [0.15, 0.2) is 168 Å². The number of anilines is 3. The van der Waals surface area contributed by atoms with Crippen molar-refractivity contribution in [1.29, 1.82) is 0 Å². The number of furan rings is 1. The Morgan fingerprint density at radius 2 is 1.13 bits per heavy atom. The average molecular weight is 618 g/mol. The van der Waals surface area contributed by atoms with E-state index in [4.69, 9.17) is 4.42 Å². The van der Waals surface area contributed by atoms with Gasteiger partial charge in [-0.1, -0.05) is 103 Å². The van der Waals surface area contributed by atoms with Crippen molar-refractivity contribution in [2.75, 3.05) is 4.90 Å². The number of rotatable bonds is 4. The first-order valence-electron chi connectivity index (χ1n) is 15.9. The fourth-order valence-electron chi connectivity index (χ4n) is 7.21. The van der Waals surface area contributed by atoms with Crippen LogP contribution in [0.1, 0.15) is 0 Å². The molecule has 0 aliphatic carbocycles. The monoisotopic (exact) mass is 617 g/mol. The predicted octanol–water partition coefficient (Wildman–Crippen LogP) is 13.4. The van der Waals surface area contributed by atoms with Gasteiger partial charge in [0.1, 0.15) is 11.2 Å². The Labute approximate surface area is 275 Å². The van der Waals surface area contributed by atoms with E-state index in [-0.39, 0.29) is 0 Å². The van der Waals surface area contributed by atoms with Gasteiger partial charge in [-0.3, -0.25) is 0 Å². The summed E-state index contributed by atoms with van der Waals surface area (Å²) in [7, 11) is 0. The van der Waals surface area contributed by atoms with Crippen LogP contribution in [0.25, 0.3) is 74.8 Å². The van der Waals surface area contributed by atoms with Crippen molar-refractivity contribution in [2.45, 2.75) is 0 Å². The van der Waals surface area contributed by atoms with Crippen LogP contribution in [-0.2, 0) is 0 Å². The lowest BCUT2D eigenvalue weighted by Gasteiger charge is -2.27. The Balaban J connectivity index is 1.24. The number of nitrogens with zero attached hydrogens (tertiary/aromatic N) is 1. The molecule has 3 heteroatoms. The molecule has 0 aliphatic heterocycles. The number of fused-ring (bicyclic) bond motifs is 9. The summed E-state index contributed by atoms with van der Waals surface area (Å²) < 4.78 is 9.03. The quantitative estimate of drug-likeness (QED) is 0.183. The van der Waals surface area contributed by atoms with Crippen LogP contribution in [-0.4, -0.2) is 0 Å². The molecule has 0 saturated carbocycles. The minimum atomic E-state index is 0.881. The predicted molar refractivity (Wildman–Crippen MR) is 202 cm³/mol. The largest absolute Gasteiger partial charge is 0.456 e. The zero-order valence-electron chi connectivity index (χ0n) is 25.4. The van der Waals surface area contributed by atoms with Gasteiger partial charge in [0.2, 0.25) is 0 Å². The van der Waals surface area contributed by atoms with Crippen molar-refractivity contribution in [3.63, 3.8) is 0 Å². The molecular weight excluding hydrogens is 591 g/mol. The summed E-state index contributed by atoms with van der Waals surface area (Å²) in [6.07, 6.45) is 0. The van der Waals surface area contributed by atoms with E-state index in [2.05, 4.69) is 157 Å². The van der Waals surface area contributed by atoms with Crippen LogP contribution >= 0.6 is 11.3 Å². The first kappa shape index (κ1) is 26.3. The third-order valence-electron chi connectivity index (χ3n) is 9.43. The molecule has 0 bridgehead atoms. The highest BCUT2D eigenvalue weighted by molar-refractivity contribution is 7.25. The van der Waals surface area contributed by atoms with Crippen molar-refractivity contribution in [2.24, 2.45) is 0 Å². The highest BCUT2D eigenvalue weighted by atomic mass is 32.1. The summed E-state index contributed by atoms with van der Waals surface area (Å²) >= 11 is 1.87. The van der Waals surface area contributed by atoms with Gasteiger partial charge in [-0.2, -0.15) is 0 Å². The molecule has 0 atom stereocenters. The summed E-state index contributed by atoms with van der Waals surface area (Å²) in [6.45, 7) is 0. The van der Waals surface area contributed by atoms with Crippen LogP contribution in [0.5, 0.6) is 0 Å². The Bertz CT molecular complexity index is 2790. The first-order valence-corrected chi connectivity index (χ1v) is 16.7. The molecule has 0 unspecified atom stereocenters. The number of para-hydroxylation sites is 1. The molecule has 2 heterocycles. The molecule has 0 spiro atoms. The lowest BCUT2D eigenvalue weighted by Crippen LogP contribution is -2.10. The molecule has 47 heavy (non-hydrogen) atoms. The maximum Gasteiger partial charge on any atom is 0.137 e. The second kappa shape index (κ2) is 10.3. The maximum absolute atomic E-state index is 6.40. The van der Waals surface area contributed by atoms with Gasteiger partial charge in [0.05, 0.1) is 5.69 Å². The second-order valence-electron chi connectivity index (χ2n) is 12.1. The van der Waals surface area contributed by atoms with Crippen LogP contribution in [0.4, 0.5) is 17.1 Å². The normalized spacial score (nSPS) is 11.8. The third-order valence-corrected chi connectivity index (χ3v) is 10.6. The molecule has 0 fully saturated rings. The van der Waals surface area contributed by atoms with Gasteiger partial charge < -0.3 is 9.32 Å². The lowest BCUT2D eigenvalue weighted by atomic mass is 9.97. The average Bonchev–Trinajstić information content (AvgIpc) is 3.69. The van der Waals surface area contributed by atoms with Gasteiger partial charge in [0.15, 0.2) is 0 Å². The summed E-state index contributed by atoms with van der Waals surface area (Å²) in [5, 5.41) is 9.85. The molecule has 0 radical (unpaired) electrons. The molecule has 220 valence electrons. The summed E-state index contributed by atoms with van der Waals surface area (Å²) in [4.78, 5) is 2.39. The fourth-order valence-corrected chi connectivity index (χ4v) is 8.34. The maximum atomic E-state index is 6.40. The molecule has 2 aromatic heterocycles. The minimum Gasteiger partial charge on any atom is -0.456 e. The van der Waals surface area contributed by atoms with E-state index >= 15 is 0 Å². The molecule has 10 aromatic rings. The number of benzene rings is 8. The smallest absolute Gasteiger partial charge is 0.137 e. The number of hydrogen-bond acceptors (Lipinski definition) is 3. The zero-order valence-corrected chi connectivity index (χ0v) is 26.2. The number of hydrogen-bond donors (Lipinski definition) is 0. The Kier molecular flexibility index (Phi) is 5.78. The second-order valence-corrected chi connectivity index (χ2v) is 13.2. The minimum absolute atomic E-state index is 0.881. The summed E-state index contributed by atoms with van der Waals surface area (Å²) in [5.74, 6) is 0. The lowest BCUT2D eigenvalue weighted by molar-refractivity contribution is 0.669.